The molecule has 9 nitrogen and oxygen atoms in total. The standard InChI is InChI=1S/C22H31FN8O/c1-14-17(24)4-3-7-31(14)19-13-26-20(21(25)32)22(28-19)27-15-5-6-18(16(23)12-15)30-10-8-29(2)9-11-30/h5-6,12-14,17H,3-4,7-11,24H2,1-2H3,(H2,25,32)(H,27,28)/t14-,17-/m1/s1. The highest BCUT2D eigenvalue weighted by molar-refractivity contribution is 5.96. The number of carbonyl (C=O) groups excluding carboxylic acids is 1. The summed E-state index contributed by atoms with van der Waals surface area (Å²) in [5, 5.41) is 3.04. The van der Waals surface area contributed by atoms with Gasteiger partial charge in [-0.2, -0.15) is 0 Å². The van der Waals surface area contributed by atoms with Gasteiger partial charge in [-0.05, 0) is 45.0 Å². The minimum atomic E-state index is -0.704. The lowest BCUT2D eigenvalue weighted by molar-refractivity contribution is 0.0996. The zero-order valence-corrected chi connectivity index (χ0v) is 18.6. The first-order chi connectivity index (χ1) is 15.3. The number of piperazine rings is 1. The van der Waals surface area contributed by atoms with Crippen molar-refractivity contribution in [2.75, 3.05) is 54.9 Å². The van der Waals surface area contributed by atoms with Gasteiger partial charge in [0, 0.05) is 50.5 Å². The van der Waals surface area contributed by atoms with E-state index in [-0.39, 0.29) is 29.4 Å². The van der Waals surface area contributed by atoms with Gasteiger partial charge in [-0.25, -0.2) is 14.4 Å². The van der Waals surface area contributed by atoms with Crippen molar-refractivity contribution in [3.8, 4) is 0 Å². The van der Waals surface area contributed by atoms with Gasteiger partial charge in [-0.1, -0.05) is 0 Å². The summed E-state index contributed by atoms with van der Waals surface area (Å²) < 4.78 is 14.9. The molecule has 32 heavy (non-hydrogen) atoms. The van der Waals surface area contributed by atoms with E-state index in [1.165, 1.54) is 12.3 Å². The number of hydrogen-bond donors (Lipinski definition) is 3. The van der Waals surface area contributed by atoms with E-state index in [9.17, 15) is 9.18 Å². The van der Waals surface area contributed by atoms with Crippen LogP contribution in [0.1, 0.15) is 30.3 Å². The highest BCUT2D eigenvalue weighted by Crippen LogP contribution is 2.28. The summed E-state index contributed by atoms with van der Waals surface area (Å²) in [5.74, 6) is -0.229. The lowest BCUT2D eigenvalue weighted by Gasteiger charge is -2.38. The van der Waals surface area contributed by atoms with Gasteiger partial charge in [0.1, 0.15) is 11.6 Å². The van der Waals surface area contributed by atoms with Crippen LogP contribution in [-0.4, -0.2) is 72.6 Å². The quantitative estimate of drug-likeness (QED) is 0.638. The Labute approximate surface area is 187 Å². The van der Waals surface area contributed by atoms with Gasteiger partial charge in [0.2, 0.25) is 0 Å². The molecule has 172 valence electrons. The minimum absolute atomic E-state index is 0.00580. The van der Waals surface area contributed by atoms with Crippen molar-refractivity contribution < 1.29 is 9.18 Å². The van der Waals surface area contributed by atoms with Gasteiger partial charge in [0.25, 0.3) is 5.91 Å². The van der Waals surface area contributed by atoms with Gasteiger partial charge in [0.15, 0.2) is 11.5 Å². The van der Waals surface area contributed by atoms with Gasteiger partial charge >= 0.3 is 0 Å². The van der Waals surface area contributed by atoms with Crippen LogP contribution < -0.4 is 26.6 Å². The molecule has 0 unspecified atom stereocenters. The average molecular weight is 443 g/mol. The van der Waals surface area contributed by atoms with Crippen molar-refractivity contribution in [1.29, 1.82) is 0 Å². The number of primary amides is 1. The molecule has 2 fully saturated rings. The van der Waals surface area contributed by atoms with Crippen molar-refractivity contribution in [1.82, 2.24) is 14.9 Å². The maximum atomic E-state index is 14.9. The fraction of sp³-hybridized carbons (Fsp3) is 0.500. The summed E-state index contributed by atoms with van der Waals surface area (Å²) in [6, 6.07) is 5.05. The number of aromatic nitrogens is 2. The monoisotopic (exact) mass is 442 g/mol. The van der Waals surface area contributed by atoms with Gasteiger partial charge in [-0.15, -0.1) is 0 Å². The Kier molecular flexibility index (Phi) is 6.43. The van der Waals surface area contributed by atoms with Crippen molar-refractivity contribution in [3.05, 3.63) is 35.9 Å². The zero-order valence-electron chi connectivity index (χ0n) is 18.6. The molecule has 2 atom stereocenters. The van der Waals surface area contributed by atoms with Crippen LogP contribution in [0.15, 0.2) is 24.4 Å². The molecule has 1 amide bonds. The molecule has 2 aliphatic heterocycles. The zero-order chi connectivity index (χ0) is 22.8. The van der Waals surface area contributed by atoms with Crippen molar-refractivity contribution in [2.24, 2.45) is 11.5 Å². The van der Waals surface area contributed by atoms with Crippen LogP contribution in [0.5, 0.6) is 0 Å². The Bertz CT molecular complexity index is 978. The molecule has 0 saturated carbocycles. The van der Waals surface area contributed by atoms with E-state index in [1.807, 2.05) is 11.8 Å². The largest absolute Gasteiger partial charge is 0.367 e. The molecule has 2 aliphatic rings. The minimum Gasteiger partial charge on any atom is -0.367 e. The average Bonchev–Trinajstić information content (AvgIpc) is 2.76. The number of hydrogen-bond acceptors (Lipinski definition) is 8. The van der Waals surface area contributed by atoms with E-state index in [1.54, 1.807) is 12.1 Å². The lowest BCUT2D eigenvalue weighted by Crippen LogP contribution is -2.50. The Hall–Kier alpha value is -2.98. The van der Waals surface area contributed by atoms with E-state index in [0.29, 0.717) is 17.2 Å². The Morgan fingerprint density at radius 2 is 1.97 bits per heavy atom. The number of rotatable bonds is 5. The molecule has 4 rings (SSSR count). The first-order valence-corrected chi connectivity index (χ1v) is 11.0. The molecule has 0 spiro atoms. The van der Waals surface area contributed by atoms with Gasteiger partial charge < -0.3 is 31.5 Å². The third kappa shape index (κ3) is 4.61. The molecule has 2 aromatic rings. The second-order valence-electron chi connectivity index (χ2n) is 8.61. The van der Waals surface area contributed by atoms with E-state index in [2.05, 4.69) is 32.1 Å². The maximum Gasteiger partial charge on any atom is 0.271 e. The predicted molar refractivity (Wildman–Crippen MR) is 124 cm³/mol. The summed E-state index contributed by atoms with van der Waals surface area (Å²) in [4.78, 5) is 27.1. The molecule has 5 N–H and O–H groups in total. The van der Waals surface area contributed by atoms with Crippen LogP contribution in [0, 0.1) is 5.82 Å². The van der Waals surface area contributed by atoms with Crippen molar-refractivity contribution in [2.45, 2.75) is 31.8 Å². The third-order valence-electron chi connectivity index (χ3n) is 6.39. The number of carbonyl (C=O) groups is 1. The predicted octanol–water partition coefficient (Wildman–Crippen LogP) is 1.53. The molecular formula is C22H31FN8O. The molecule has 0 aliphatic carbocycles. The van der Waals surface area contributed by atoms with Crippen LogP contribution >= 0.6 is 0 Å². The Balaban J connectivity index is 1.58. The Morgan fingerprint density at radius 3 is 2.66 bits per heavy atom. The third-order valence-corrected chi connectivity index (χ3v) is 6.39. The number of anilines is 4. The first kappa shape index (κ1) is 22.2. The van der Waals surface area contributed by atoms with Crippen LogP contribution in [0.2, 0.25) is 0 Å². The summed E-state index contributed by atoms with van der Waals surface area (Å²) in [6.45, 7) is 6.18. The number of likely N-dealkylation sites (N-methyl/N-ethyl adjacent to an activating group) is 1. The lowest BCUT2D eigenvalue weighted by atomic mass is 9.98. The molecule has 0 bridgehead atoms. The summed E-state index contributed by atoms with van der Waals surface area (Å²) in [7, 11) is 2.06. The van der Waals surface area contributed by atoms with Crippen LogP contribution in [0.4, 0.5) is 27.4 Å². The van der Waals surface area contributed by atoms with Crippen LogP contribution in [0.25, 0.3) is 0 Å². The van der Waals surface area contributed by atoms with E-state index < -0.39 is 5.91 Å². The molecule has 1 aromatic heterocycles. The topological polar surface area (TPSA) is 117 Å². The van der Waals surface area contributed by atoms with Crippen molar-refractivity contribution in [3.63, 3.8) is 0 Å². The maximum absolute atomic E-state index is 14.9. The molecule has 3 heterocycles. The van der Waals surface area contributed by atoms with Gasteiger partial charge in [0.05, 0.1) is 11.9 Å². The van der Waals surface area contributed by atoms with Gasteiger partial charge in [-0.3, -0.25) is 4.79 Å². The molecule has 10 heteroatoms. The van der Waals surface area contributed by atoms with Crippen LogP contribution in [-0.2, 0) is 0 Å². The number of nitrogens with one attached hydrogen (secondary N) is 1. The number of benzene rings is 1. The number of nitrogens with two attached hydrogens (primary N) is 2. The van der Waals surface area contributed by atoms with E-state index in [0.717, 1.165) is 45.6 Å². The molecule has 2 saturated heterocycles. The molecule has 1 aromatic carbocycles. The van der Waals surface area contributed by atoms with E-state index in [4.69, 9.17) is 11.5 Å². The van der Waals surface area contributed by atoms with E-state index >= 15 is 0 Å². The summed E-state index contributed by atoms with van der Waals surface area (Å²) >= 11 is 0. The SMILES string of the molecule is C[C@@H]1[C@H](N)CCCN1c1cnc(C(N)=O)c(Nc2ccc(N3CCN(C)CC3)c(F)c2)n1. The normalized spacial score (nSPS) is 22.1. The second kappa shape index (κ2) is 9.25. The number of halogens is 1. The molecule has 0 radical (unpaired) electrons. The first-order valence-electron chi connectivity index (χ1n) is 11.0. The summed E-state index contributed by atoms with van der Waals surface area (Å²) in [6.07, 6.45) is 3.44. The molecular weight excluding hydrogens is 411 g/mol. The second-order valence-corrected chi connectivity index (χ2v) is 8.61. The fourth-order valence-electron chi connectivity index (χ4n) is 4.31. The smallest absolute Gasteiger partial charge is 0.271 e. The highest BCUT2D eigenvalue weighted by Gasteiger charge is 2.27. The van der Waals surface area contributed by atoms with Crippen LogP contribution in [0.3, 0.4) is 0 Å². The Morgan fingerprint density at radius 1 is 1.22 bits per heavy atom. The highest BCUT2D eigenvalue weighted by atomic mass is 19.1. The fourth-order valence-corrected chi connectivity index (χ4v) is 4.31. The summed E-state index contributed by atoms with van der Waals surface area (Å²) in [5.41, 5.74) is 12.8. The number of piperidine rings is 1. The number of amides is 1. The van der Waals surface area contributed by atoms with Crippen molar-refractivity contribution >= 4 is 28.9 Å². The number of nitrogens with zero attached hydrogens (tertiary/aromatic N) is 5.